The number of ether oxygens (including phenoxy) is 1. The molecule has 0 spiro atoms. The molecule has 0 amide bonds. The molecule has 0 fully saturated rings. The Kier molecular flexibility index (Phi) is 4.37. The van der Waals surface area contributed by atoms with Crippen LogP contribution in [0, 0.1) is 34.0 Å². The van der Waals surface area contributed by atoms with Gasteiger partial charge in [-0.1, -0.05) is 11.6 Å². The molecular weight excluding hydrogens is 300 g/mol. The quantitative estimate of drug-likeness (QED) is 0.844. The molecule has 5 nitrogen and oxygen atoms in total. The molecule has 108 valence electrons. The number of halogens is 1. The Morgan fingerprint density at radius 2 is 2.00 bits per heavy atom. The zero-order valence-electron chi connectivity index (χ0n) is 11.7. The van der Waals surface area contributed by atoms with E-state index in [1.54, 1.807) is 25.1 Å². The van der Waals surface area contributed by atoms with Crippen LogP contribution in [-0.2, 0) is 0 Å². The molecule has 1 aliphatic rings. The number of benzene rings is 1. The van der Waals surface area contributed by atoms with E-state index in [-0.39, 0.29) is 17.0 Å². The molecule has 1 aliphatic heterocycles. The summed E-state index contributed by atoms with van der Waals surface area (Å²) in [7, 11) is 0. The lowest BCUT2D eigenvalue weighted by Gasteiger charge is -2.26. The highest BCUT2D eigenvalue weighted by atomic mass is 35.5. The highest BCUT2D eigenvalue weighted by Crippen LogP contribution is 2.42. The third-order valence-electron chi connectivity index (χ3n) is 3.46. The first kappa shape index (κ1) is 15.4. The van der Waals surface area contributed by atoms with Crippen LogP contribution in [0.3, 0.4) is 0 Å². The third kappa shape index (κ3) is 2.74. The Hall–Kier alpha value is -2.94. The van der Waals surface area contributed by atoms with Crippen LogP contribution in [0.1, 0.15) is 24.8 Å². The molecule has 0 aliphatic carbocycles. The van der Waals surface area contributed by atoms with E-state index in [1.807, 2.05) is 18.2 Å². The Labute approximate surface area is 133 Å². The zero-order chi connectivity index (χ0) is 16.3. The fourth-order valence-electron chi connectivity index (χ4n) is 2.35. The predicted molar refractivity (Wildman–Crippen MR) is 80.2 cm³/mol. The average Bonchev–Trinajstić information content (AvgIpc) is 2.49. The predicted octanol–water partition coefficient (Wildman–Crippen LogP) is 3.26. The van der Waals surface area contributed by atoms with Gasteiger partial charge in [-0.2, -0.15) is 15.8 Å². The summed E-state index contributed by atoms with van der Waals surface area (Å²) in [5, 5.41) is 27.8. The van der Waals surface area contributed by atoms with Crippen LogP contribution in [0.5, 0.6) is 5.75 Å². The van der Waals surface area contributed by atoms with Crippen LogP contribution < -0.4 is 10.5 Å². The number of hydrogen-bond donors (Lipinski definition) is 1. The molecule has 0 saturated carbocycles. The second kappa shape index (κ2) is 6.22. The highest BCUT2D eigenvalue weighted by Gasteiger charge is 2.30. The van der Waals surface area contributed by atoms with E-state index < -0.39 is 5.92 Å². The first-order valence-electron chi connectivity index (χ1n) is 6.38. The fourth-order valence-corrected chi connectivity index (χ4v) is 2.53. The molecule has 1 atom stereocenters. The first-order chi connectivity index (χ1) is 10.5. The summed E-state index contributed by atoms with van der Waals surface area (Å²) in [6, 6.07) is 10.8. The molecule has 0 radical (unpaired) electrons. The number of allylic oxidation sites excluding steroid dienone is 3. The van der Waals surface area contributed by atoms with Gasteiger partial charge in [0.25, 0.3) is 0 Å². The Morgan fingerprint density at radius 3 is 2.59 bits per heavy atom. The molecule has 0 aromatic heterocycles. The summed E-state index contributed by atoms with van der Waals surface area (Å²) in [4.78, 5) is 0. The van der Waals surface area contributed by atoms with Gasteiger partial charge in [-0.05, 0) is 37.1 Å². The zero-order valence-corrected chi connectivity index (χ0v) is 12.5. The van der Waals surface area contributed by atoms with Crippen LogP contribution in [-0.4, -0.2) is 0 Å². The monoisotopic (exact) mass is 310 g/mol. The maximum absolute atomic E-state index is 9.35. The molecular formula is C16H11ClN4O. The van der Waals surface area contributed by atoms with Crippen molar-refractivity contribution in [1.82, 2.24) is 0 Å². The van der Waals surface area contributed by atoms with Crippen molar-refractivity contribution in [2.24, 2.45) is 5.73 Å². The maximum atomic E-state index is 9.35. The Bertz CT molecular complexity index is 802. The molecule has 0 bridgehead atoms. The van der Waals surface area contributed by atoms with E-state index in [0.717, 1.165) is 0 Å². The molecule has 1 aromatic carbocycles. The second-order valence-corrected chi connectivity index (χ2v) is 5.25. The summed E-state index contributed by atoms with van der Waals surface area (Å²) in [6.07, 6.45) is 0.316. The molecule has 0 unspecified atom stereocenters. The number of fused-ring (bicyclic) bond motifs is 1. The van der Waals surface area contributed by atoms with Crippen LogP contribution in [0.25, 0.3) is 0 Å². The Balaban J connectivity index is 2.56. The van der Waals surface area contributed by atoms with Gasteiger partial charge in [-0.3, -0.25) is 0 Å². The minimum atomic E-state index is -0.399. The number of nitrogens with two attached hydrogens (primary N) is 1. The topological polar surface area (TPSA) is 107 Å². The average molecular weight is 311 g/mol. The minimum absolute atomic E-state index is 0.0330. The van der Waals surface area contributed by atoms with Gasteiger partial charge in [0.05, 0.1) is 5.57 Å². The van der Waals surface area contributed by atoms with Crippen molar-refractivity contribution in [1.29, 1.82) is 15.8 Å². The van der Waals surface area contributed by atoms with Gasteiger partial charge in [0.1, 0.15) is 29.5 Å². The summed E-state index contributed by atoms with van der Waals surface area (Å²) < 4.78 is 5.45. The van der Waals surface area contributed by atoms with Crippen LogP contribution >= 0.6 is 11.6 Å². The highest BCUT2D eigenvalue weighted by molar-refractivity contribution is 6.30. The van der Waals surface area contributed by atoms with Crippen molar-refractivity contribution >= 4 is 11.6 Å². The van der Waals surface area contributed by atoms with E-state index >= 15 is 0 Å². The van der Waals surface area contributed by atoms with E-state index in [0.29, 0.717) is 28.3 Å². The lowest BCUT2D eigenvalue weighted by atomic mass is 9.83. The van der Waals surface area contributed by atoms with Crippen LogP contribution in [0.4, 0.5) is 0 Å². The lowest BCUT2D eigenvalue weighted by molar-refractivity contribution is 0.388. The summed E-state index contributed by atoms with van der Waals surface area (Å²) >= 11 is 6.02. The molecule has 1 aromatic rings. The van der Waals surface area contributed by atoms with Crippen molar-refractivity contribution in [3.05, 3.63) is 51.4 Å². The van der Waals surface area contributed by atoms with Crippen LogP contribution in [0.2, 0.25) is 5.02 Å². The number of nitrogens with zero attached hydrogens (tertiary/aromatic N) is 3. The van der Waals surface area contributed by atoms with E-state index in [2.05, 4.69) is 0 Å². The fraction of sp³-hybridized carbons (Fsp3) is 0.188. The van der Waals surface area contributed by atoms with Crippen molar-refractivity contribution in [2.45, 2.75) is 19.3 Å². The molecule has 22 heavy (non-hydrogen) atoms. The van der Waals surface area contributed by atoms with E-state index in [9.17, 15) is 5.26 Å². The van der Waals surface area contributed by atoms with Gasteiger partial charge in [0, 0.05) is 16.5 Å². The molecule has 1 heterocycles. The Morgan fingerprint density at radius 1 is 1.32 bits per heavy atom. The SMILES string of the molecule is CC(C[C@@H]1C(C#N)=C(N)Oc2ccc(Cl)cc21)=C(C#N)C#N. The summed E-state index contributed by atoms with van der Waals surface area (Å²) in [5.74, 6) is 0.156. The summed E-state index contributed by atoms with van der Waals surface area (Å²) in [5.41, 5.74) is 7.41. The maximum Gasteiger partial charge on any atom is 0.205 e. The number of rotatable bonds is 2. The third-order valence-corrected chi connectivity index (χ3v) is 3.70. The smallest absolute Gasteiger partial charge is 0.205 e. The van der Waals surface area contributed by atoms with Crippen molar-refractivity contribution < 1.29 is 4.74 Å². The minimum Gasteiger partial charge on any atom is -0.440 e. The van der Waals surface area contributed by atoms with Gasteiger partial charge < -0.3 is 10.5 Å². The van der Waals surface area contributed by atoms with Gasteiger partial charge in [0.2, 0.25) is 5.88 Å². The summed E-state index contributed by atoms with van der Waals surface area (Å²) in [6.45, 7) is 1.69. The van der Waals surface area contributed by atoms with Gasteiger partial charge in [0.15, 0.2) is 0 Å². The van der Waals surface area contributed by atoms with Crippen molar-refractivity contribution in [2.75, 3.05) is 0 Å². The number of hydrogen-bond acceptors (Lipinski definition) is 5. The molecule has 6 heteroatoms. The molecule has 2 N–H and O–H groups in total. The van der Waals surface area contributed by atoms with Crippen molar-refractivity contribution in [3.8, 4) is 24.0 Å². The largest absolute Gasteiger partial charge is 0.440 e. The normalized spacial score (nSPS) is 15.7. The van der Waals surface area contributed by atoms with E-state index in [1.165, 1.54) is 0 Å². The molecule has 2 rings (SSSR count). The van der Waals surface area contributed by atoms with Gasteiger partial charge >= 0.3 is 0 Å². The molecule has 0 saturated heterocycles. The second-order valence-electron chi connectivity index (χ2n) is 4.81. The van der Waals surface area contributed by atoms with Gasteiger partial charge in [-0.15, -0.1) is 0 Å². The first-order valence-corrected chi connectivity index (χ1v) is 6.76. The standard InChI is InChI=1S/C16H11ClN4O/c1-9(10(6-18)7-19)4-12-13-5-11(17)2-3-15(13)22-16(21)14(12)8-20/h2-3,5,12H,4,21H2,1H3/t12-/m0/s1. The van der Waals surface area contributed by atoms with Crippen molar-refractivity contribution in [3.63, 3.8) is 0 Å². The lowest BCUT2D eigenvalue weighted by Crippen LogP contribution is -2.20. The van der Waals surface area contributed by atoms with Gasteiger partial charge in [-0.25, -0.2) is 0 Å². The van der Waals surface area contributed by atoms with E-state index in [4.69, 9.17) is 32.6 Å². The van der Waals surface area contributed by atoms with Crippen LogP contribution in [0.15, 0.2) is 40.8 Å². The number of nitriles is 3.